The van der Waals surface area contributed by atoms with Gasteiger partial charge >= 0.3 is 6.09 Å². The zero-order valence-electron chi connectivity index (χ0n) is 22.6. The van der Waals surface area contributed by atoms with Crippen LogP contribution in [0.15, 0.2) is 91.0 Å². The summed E-state index contributed by atoms with van der Waals surface area (Å²) in [5.74, 6) is 1.39. The number of carboxylic acid groups (broad SMARTS) is 1. The average molecular weight is 526 g/mol. The molecule has 0 spiro atoms. The molecule has 2 atom stereocenters. The third kappa shape index (κ3) is 7.07. The smallest absolute Gasteiger partial charge is 0.407 e. The molecule has 2 fully saturated rings. The highest BCUT2D eigenvalue weighted by atomic mass is 16.4. The van der Waals surface area contributed by atoms with Crippen LogP contribution in [0.4, 0.5) is 4.79 Å². The van der Waals surface area contributed by atoms with E-state index in [-0.39, 0.29) is 5.91 Å². The summed E-state index contributed by atoms with van der Waals surface area (Å²) in [5.41, 5.74) is 3.10. The zero-order chi connectivity index (χ0) is 27.0. The number of hydrogen-bond donors (Lipinski definition) is 1. The minimum Gasteiger partial charge on any atom is -0.465 e. The largest absolute Gasteiger partial charge is 0.465 e. The Morgan fingerprint density at radius 3 is 2.08 bits per heavy atom. The van der Waals surface area contributed by atoms with Gasteiger partial charge in [-0.15, -0.1) is 0 Å². The SMILES string of the molecule is O=C(O)N(CCC1CCN(C[C@H]2CN(C(=O)c3ccccc3)C[C@@H]2c2ccccc2)CC1)Cc1ccccc1. The van der Waals surface area contributed by atoms with Crippen LogP contribution in [0.25, 0.3) is 0 Å². The second kappa shape index (κ2) is 12.9. The summed E-state index contributed by atoms with van der Waals surface area (Å²) in [7, 11) is 0. The highest BCUT2D eigenvalue weighted by molar-refractivity contribution is 5.94. The fraction of sp³-hybridized carbons (Fsp3) is 0.394. The standard InChI is InChI=1S/C33H39N3O3/c37-32(29-14-8-3-9-15-29)36-24-30(31(25-36)28-12-6-2-7-13-28)23-34-19-16-26(17-20-34)18-21-35(33(38)39)22-27-10-4-1-5-11-27/h1-15,26,30-31H,16-25H2,(H,38,39)/t30-,31+/m0/s1. The summed E-state index contributed by atoms with van der Waals surface area (Å²) in [5, 5.41) is 9.71. The topological polar surface area (TPSA) is 64.1 Å². The first-order valence-corrected chi connectivity index (χ1v) is 14.2. The number of carbonyl (C=O) groups is 2. The van der Waals surface area contributed by atoms with Gasteiger partial charge in [0.1, 0.15) is 0 Å². The predicted molar refractivity (Wildman–Crippen MR) is 154 cm³/mol. The molecule has 0 radical (unpaired) electrons. The Balaban J connectivity index is 1.15. The van der Waals surface area contributed by atoms with Crippen molar-refractivity contribution in [2.45, 2.75) is 31.7 Å². The third-order valence-corrected chi connectivity index (χ3v) is 8.47. The van der Waals surface area contributed by atoms with E-state index in [0.29, 0.717) is 30.8 Å². The van der Waals surface area contributed by atoms with Crippen molar-refractivity contribution in [3.05, 3.63) is 108 Å². The molecule has 2 heterocycles. The minimum absolute atomic E-state index is 0.122. The molecule has 0 aliphatic carbocycles. The van der Waals surface area contributed by atoms with E-state index in [1.807, 2.05) is 65.6 Å². The maximum atomic E-state index is 13.3. The van der Waals surface area contributed by atoms with Crippen molar-refractivity contribution in [2.24, 2.45) is 11.8 Å². The van der Waals surface area contributed by atoms with Crippen molar-refractivity contribution in [1.29, 1.82) is 0 Å². The molecule has 39 heavy (non-hydrogen) atoms. The number of nitrogens with zero attached hydrogens (tertiary/aromatic N) is 3. The molecule has 2 aliphatic heterocycles. The monoisotopic (exact) mass is 525 g/mol. The van der Waals surface area contributed by atoms with Crippen molar-refractivity contribution in [2.75, 3.05) is 39.3 Å². The van der Waals surface area contributed by atoms with Crippen LogP contribution in [-0.2, 0) is 6.54 Å². The number of rotatable bonds is 9. The van der Waals surface area contributed by atoms with Crippen LogP contribution in [0, 0.1) is 11.8 Å². The van der Waals surface area contributed by atoms with Gasteiger partial charge in [-0.3, -0.25) is 4.79 Å². The first-order valence-electron chi connectivity index (χ1n) is 14.2. The van der Waals surface area contributed by atoms with Crippen LogP contribution in [-0.4, -0.2) is 71.1 Å². The molecule has 3 aromatic rings. The van der Waals surface area contributed by atoms with E-state index >= 15 is 0 Å². The van der Waals surface area contributed by atoms with E-state index in [1.54, 1.807) is 4.90 Å². The summed E-state index contributed by atoms with van der Waals surface area (Å²) >= 11 is 0. The van der Waals surface area contributed by atoms with E-state index in [1.165, 1.54) is 5.56 Å². The maximum absolute atomic E-state index is 13.3. The minimum atomic E-state index is -0.848. The van der Waals surface area contributed by atoms with Gasteiger partial charge in [0, 0.05) is 44.2 Å². The second-order valence-electron chi connectivity index (χ2n) is 11.1. The van der Waals surface area contributed by atoms with Crippen LogP contribution in [0.3, 0.4) is 0 Å². The lowest BCUT2D eigenvalue weighted by molar-refractivity contribution is 0.0780. The number of likely N-dealkylation sites (tertiary alicyclic amines) is 2. The van der Waals surface area contributed by atoms with Crippen molar-refractivity contribution < 1.29 is 14.7 Å². The Hall–Kier alpha value is -3.64. The van der Waals surface area contributed by atoms with Gasteiger partial charge in [-0.05, 0) is 67.4 Å². The molecule has 6 nitrogen and oxygen atoms in total. The Kier molecular flexibility index (Phi) is 8.94. The molecule has 0 bridgehead atoms. The molecule has 2 saturated heterocycles. The molecule has 2 aliphatic rings. The quantitative estimate of drug-likeness (QED) is 0.382. The molecule has 5 rings (SSSR count). The first kappa shape index (κ1) is 26.9. The molecule has 1 N–H and O–H groups in total. The maximum Gasteiger partial charge on any atom is 0.407 e. The molecular formula is C33H39N3O3. The molecule has 0 unspecified atom stereocenters. The first-order chi connectivity index (χ1) is 19.1. The Bertz CT molecular complexity index is 1200. The molecule has 204 valence electrons. The van der Waals surface area contributed by atoms with E-state index in [4.69, 9.17) is 0 Å². The summed E-state index contributed by atoms with van der Waals surface area (Å²) < 4.78 is 0. The van der Waals surface area contributed by atoms with Gasteiger partial charge in [0.15, 0.2) is 0 Å². The normalized spacial score (nSPS) is 20.2. The fourth-order valence-corrected chi connectivity index (χ4v) is 6.24. The van der Waals surface area contributed by atoms with Gasteiger partial charge in [0.2, 0.25) is 0 Å². The van der Waals surface area contributed by atoms with E-state index in [2.05, 4.69) is 35.2 Å². The lowest BCUT2D eigenvalue weighted by Gasteiger charge is -2.35. The highest BCUT2D eigenvalue weighted by Crippen LogP contribution is 2.35. The summed E-state index contributed by atoms with van der Waals surface area (Å²) in [6, 6.07) is 30.1. The molecule has 2 amide bonds. The Morgan fingerprint density at radius 1 is 0.821 bits per heavy atom. The van der Waals surface area contributed by atoms with Crippen molar-refractivity contribution in [3.8, 4) is 0 Å². The van der Waals surface area contributed by atoms with Crippen LogP contribution in [0.5, 0.6) is 0 Å². The number of benzene rings is 3. The van der Waals surface area contributed by atoms with Crippen LogP contribution in [0.2, 0.25) is 0 Å². The average Bonchev–Trinajstić information content (AvgIpc) is 3.40. The molecular weight excluding hydrogens is 486 g/mol. The van der Waals surface area contributed by atoms with E-state index in [9.17, 15) is 14.7 Å². The van der Waals surface area contributed by atoms with Crippen LogP contribution in [0.1, 0.15) is 46.7 Å². The predicted octanol–water partition coefficient (Wildman–Crippen LogP) is 5.82. The van der Waals surface area contributed by atoms with Gasteiger partial charge in [0.05, 0.1) is 0 Å². The van der Waals surface area contributed by atoms with Gasteiger partial charge in [0.25, 0.3) is 5.91 Å². The third-order valence-electron chi connectivity index (χ3n) is 8.47. The number of amides is 2. The highest BCUT2D eigenvalue weighted by Gasteiger charge is 2.37. The fourth-order valence-electron chi connectivity index (χ4n) is 6.24. The van der Waals surface area contributed by atoms with Crippen LogP contribution < -0.4 is 0 Å². The Labute approximate surface area is 231 Å². The lowest BCUT2D eigenvalue weighted by atomic mass is 9.87. The van der Waals surface area contributed by atoms with Crippen molar-refractivity contribution in [1.82, 2.24) is 14.7 Å². The number of carbonyl (C=O) groups excluding carboxylic acids is 1. The molecule has 0 aromatic heterocycles. The van der Waals surface area contributed by atoms with Gasteiger partial charge in [-0.1, -0.05) is 78.9 Å². The van der Waals surface area contributed by atoms with Gasteiger partial charge < -0.3 is 19.8 Å². The molecule has 0 saturated carbocycles. The summed E-state index contributed by atoms with van der Waals surface area (Å²) in [6.45, 7) is 5.59. The van der Waals surface area contributed by atoms with E-state index < -0.39 is 6.09 Å². The zero-order valence-corrected chi connectivity index (χ0v) is 22.6. The summed E-state index contributed by atoms with van der Waals surface area (Å²) in [4.78, 5) is 31.2. The van der Waals surface area contributed by atoms with Crippen molar-refractivity contribution in [3.63, 3.8) is 0 Å². The lowest BCUT2D eigenvalue weighted by Crippen LogP contribution is -2.40. The number of hydrogen-bond acceptors (Lipinski definition) is 3. The van der Waals surface area contributed by atoms with Gasteiger partial charge in [-0.2, -0.15) is 0 Å². The molecule has 3 aromatic carbocycles. The molecule has 6 heteroatoms. The van der Waals surface area contributed by atoms with Gasteiger partial charge in [-0.25, -0.2) is 4.79 Å². The second-order valence-corrected chi connectivity index (χ2v) is 11.1. The van der Waals surface area contributed by atoms with E-state index in [0.717, 1.165) is 63.1 Å². The Morgan fingerprint density at radius 2 is 1.44 bits per heavy atom. The van der Waals surface area contributed by atoms with Crippen LogP contribution >= 0.6 is 0 Å². The van der Waals surface area contributed by atoms with Crippen molar-refractivity contribution >= 4 is 12.0 Å². The number of piperidine rings is 1. The summed E-state index contributed by atoms with van der Waals surface area (Å²) in [6.07, 6.45) is 2.24.